The maximum absolute atomic E-state index is 16.8. The summed E-state index contributed by atoms with van der Waals surface area (Å²) in [5.74, 6) is -1.10. The van der Waals surface area contributed by atoms with Gasteiger partial charge in [0.1, 0.15) is 34.2 Å². The van der Waals surface area contributed by atoms with Crippen LogP contribution in [-0.2, 0) is 9.47 Å². The van der Waals surface area contributed by atoms with E-state index in [4.69, 9.17) is 19.2 Å². The lowest BCUT2D eigenvalue weighted by atomic mass is 9.73. The van der Waals surface area contributed by atoms with Gasteiger partial charge in [-0.15, -0.1) is 0 Å². The molecule has 0 spiro atoms. The zero-order chi connectivity index (χ0) is 33.9. The average molecular weight is 676 g/mol. The van der Waals surface area contributed by atoms with Crippen molar-refractivity contribution < 1.29 is 33.2 Å². The lowest BCUT2D eigenvalue weighted by Gasteiger charge is -2.53. The Bertz CT molecular complexity index is 1890. The molecule has 3 atom stereocenters. The first-order valence-electron chi connectivity index (χ1n) is 17.4. The van der Waals surface area contributed by atoms with Crippen molar-refractivity contribution in [2.24, 2.45) is 5.41 Å². The van der Waals surface area contributed by atoms with Crippen molar-refractivity contribution in [2.45, 2.75) is 75.7 Å². The molecule has 4 fully saturated rings. The molecule has 3 unspecified atom stereocenters. The molecule has 2 aromatic carbocycles. The van der Waals surface area contributed by atoms with Gasteiger partial charge in [-0.25, -0.2) is 8.78 Å². The predicted molar refractivity (Wildman–Crippen MR) is 181 cm³/mol. The van der Waals surface area contributed by atoms with Gasteiger partial charge >= 0.3 is 6.01 Å². The summed E-state index contributed by atoms with van der Waals surface area (Å²) >= 11 is 0. The number of phenols is 1. The average Bonchev–Trinajstić information content (AvgIpc) is 3.41. The number of β-amino-alcohol motifs (C(OH)–C–C–N with tert-alkyl or cyclic N) is 1. The van der Waals surface area contributed by atoms with E-state index in [0.717, 1.165) is 51.5 Å². The van der Waals surface area contributed by atoms with Gasteiger partial charge in [0.25, 0.3) is 0 Å². The van der Waals surface area contributed by atoms with Gasteiger partial charge in [0.05, 0.1) is 37.9 Å². The number of hydrogen-bond donors (Lipinski definition) is 2. The number of fused-ring (bicyclic) bond motifs is 3. The molecule has 0 radical (unpaired) electrons. The van der Waals surface area contributed by atoms with Crippen LogP contribution in [-0.4, -0.2) is 100 Å². The number of methoxy groups -OCH3 is 1. The van der Waals surface area contributed by atoms with E-state index in [1.165, 1.54) is 30.5 Å². The van der Waals surface area contributed by atoms with Crippen LogP contribution in [0, 0.1) is 17.0 Å². The quantitative estimate of drug-likeness (QED) is 0.257. The van der Waals surface area contributed by atoms with Crippen molar-refractivity contribution in [1.82, 2.24) is 19.9 Å². The van der Waals surface area contributed by atoms with E-state index in [9.17, 15) is 10.2 Å². The van der Waals surface area contributed by atoms with Crippen molar-refractivity contribution in [2.75, 3.05) is 51.5 Å². The van der Waals surface area contributed by atoms with Crippen LogP contribution in [0.1, 0.15) is 51.9 Å². The number of likely N-dealkylation sites (tertiary alicyclic amines) is 1. The molecule has 8 rings (SSSR count). The number of benzene rings is 2. The van der Waals surface area contributed by atoms with E-state index >= 15 is 8.78 Å². The zero-order valence-electron chi connectivity index (χ0n) is 28.0. The molecule has 260 valence electrons. The second-order valence-electron chi connectivity index (χ2n) is 14.7. The normalized spacial score (nSPS) is 29.2. The van der Waals surface area contributed by atoms with Gasteiger partial charge in [-0.05, 0) is 75.6 Å². The predicted octanol–water partition coefficient (Wildman–Crippen LogP) is 5.61. The Morgan fingerprint density at radius 3 is 2.78 bits per heavy atom. The number of ether oxygens (including phenoxy) is 3. The summed E-state index contributed by atoms with van der Waals surface area (Å²) in [6.45, 7) is 4.25. The molecule has 2 saturated carbocycles. The zero-order valence-corrected chi connectivity index (χ0v) is 28.0. The summed E-state index contributed by atoms with van der Waals surface area (Å²) in [5.41, 5.74) is -1.30. The summed E-state index contributed by atoms with van der Waals surface area (Å²) in [4.78, 5) is 18.5. The number of aromatic nitrogens is 3. The van der Waals surface area contributed by atoms with Crippen molar-refractivity contribution in [3.05, 3.63) is 48.2 Å². The molecule has 4 aromatic rings. The fraction of sp³-hybridized carbons (Fsp3) is 0.541. The van der Waals surface area contributed by atoms with Crippen LogP contribution in [0.4, 0.5) is 14.6 Å². The van der Waals surface area contributed by atoms with Gasteiger partial charge in [0.15, 0.2) is 5.82 Å². The van der Waals surface area contributed by atoms with Crippen LogP contribution in [0.3, 0.4) is 0 Å². The van der Waals surface area contributed by atoms with Crippen LogP contribution in [0.25, 0.3) is 32.9 Å². The van der Waals surface area contributed by atoms with Gasteiger partial charge in [0.2, 0.25) is 0 Å². The number of aliphatic hydroxyl groups is 1. The van der Waals surface area contributed by atoms with Crippen molar-refractivity contribution in [3.8, 4) is 23.0 Å². The first kappa shape index (κ1) is 32.5. The second kappa shape index (κ2) is 12.6. The number of hydrogen-bond acceptors (Lipinski definition) is 10. The maximum Gasteiger partial charge on any atom is 0.319 e. The molecule has 2 N–H and O–H groups in total. The van der Waals surface area contributed by atoms with E-state index in [1.807, 2.05) is 4.90 Å². The van der Waals surface area contributed by atoms with E-state index in [-0.39, 0.29) is 52.5 Å². The Hall–Kier alpha value is -3.71. The SMILES string of the molecule is COC1CC(N2CCCC3(COc4nc(N5CCOCC(C)(O)C5)c5cnc(-c6cc(O)cc7cccc(F)c67)c(F)c5n4)CCCC23)C1. The molecule has 4 aliphatic rings. The van der Waals surface area contributed by atoms with Gasteiger partial charge in [-0.1, -0.05) is 18.6 Å². The number of aromatic hydroxyl groups is 1. The molecule has 2 aromatic heterocycles. The van der Waals surface area contributed by atoms with Gasteiger partial charge in [-0.2, -0.15) is 9.97 Å². The second-order valence-corrected chi connectivity index (χ2v) is 14.7. The lowest BCUT2D eigenvalue weighted by Crippen LogP contribution is -2.59. The summed E-state index contributed by atoms with van der Waals surface area (Å²) in [5, 5.41) is 22.4. The van der Waals surface area contributed by atoms with Gasteiger partial charge < -0.3 is 29.3 Å². The molecule has 2 aliphatic carbocycles. The molecule has 0 bridgehead atoms. The first-order chi connectivity index (χ1) is 23.6. The van der Waals surface area contributed by atoms with E-state index in [1.54, 1.807) is 20.1 Å². The van der Waals surface area contributed by atoms with Crippen LogP contribution in [0.2, 0.25) is 0 Å². The number of phenolic OH excluding ortho intramolecular Hbond substituents is 1. The summed E-state index contributed by atoms with van der Waals surface area (Å²) in [6.07, 6.45) is 9.31. The Balaban J connectivity index is 1.20. The van der Waals surface area contributed by atoms with Crippen molar-refractivity contribution in [3.63, 3.8) is 0 Å². The summed E-state index contributed by atoms with van der Waals surface area (Å²) in [6, 6.07) is 8.19. The fourth-order valence-electron chi connectivity index (χ4n) is 8.84. The number of halogens is 2. The molecule has 49 heavy (non-hydrogen) atoms. The smallest absolute Gasteiger partial charge is 0.319 e. The number of rotatable bonds is 7. The first-order valence-corrected chi connectivity index (χ1v) is 17.4. The highest BCUT2D eigenvalue weighted by Crippen LogP contribution is 2.50. The Morgan fingerprint density at radius 2 is 1.94 bits per heavy atom. The molecule has 10 nitrogen and oxygen atoms in total. The summed E-state index contributed by atoms with van der Waals surface area (Å²) < 4.78 is 49.8. The molecule has 0 amide bonds. The van der Waals surface area contributed by atoms with E-state index in [2.05, 4.69) is 14.9 Å². The minimum absolute atomic E-state index is 0.0338. The minimum Gasteiger partial charge on any atom is -0.508 e. The summed E-state index contributed by atoms with van der Waals surface area (Å²) in [7, 11) is 1.79. The number of piperidine rings is 1. The molecule has 12 heteroatoms. The van der Waals surface area contributed by atoms with Crippen LogP contribution < -0.4 is 9.64 Å². The number of nitrogens with zero attached hydrogens (tertiary/aromatic N) is 5. The van der Waals surface area contributed by atoms with Crippen LogP contribution in [0.15, 0.2) is 36.5 Å². The minimum atomic E-state index is -1.18. The lowest BCUT2D eigenvalue weighted by molar-refractivity contribution is -0.0845. The number of anilines is 1. The highest BCUT2D eigenvalue weighted by Gasteiger charge is 2.51. The third-order valence-corrected chi connectivity index (χ3v) is 11.3. The topological polar surface area (TPSA) is 113 Å². The fourth-order valence-corrected chi connectivity index (χ4v) is 8.84. The Labute approximate surface area is 284 Å². The van der Waals surface area contributed by atoms with Gasteiger partial charge in [-0.3, -0.25) is 9.88 Å². The highest BCUT2D eigenvalue weighted by molar-refractivity contribution is 6.00. The van der Waals surface area contributed by atoms with E-state index in [0.29, 0.717) is 54.5 Å². The molecule has 2 saturated heterocycles. The molecular formula is C37H43F2N5O5. The van der Waals surface area contributed by atoms with Crippen molar-refractivity contribution >= 4 is 27.5 Å². The van der Waals surface area contributed by atoms with Crippen LogP contribution >= 0.6 is 0 Å². The molecular weight excluding hydrogens is 632 g/mol. The standard InChI is InChI=1S/C37H43F2N5O5/c1-36(46)19-43(12-13-48-20-36)34-27-18-40-32(26-17-24(45)14-22-6-3-7-28(38)30(22)26)31(39)33(27)41-35(42-34)49-21-37-9-4-8-29(37)44(11-5-10-37)23-15-25(16-23)47-2/h3,6-7,14,17-18,23,25,29,45-46H,4-5,8-13,15-16,19-21H2,1-2H3. The van der Waals surface area contributed by atoms with Crippen molar-refractivity contribution in [1.29, 1.82) is 0 Å². The van der Waals surface area contributed by atoms with Crippen LogP contribution in [0.5, 0.6) is 11.8 Å². The Kier molecular flexibility index (Phi) is 8.33. The molecule has 4 heterocycles. The number of pyridine rings is 1. The third-order valence-electron chi connectivity index (χ3n) is 11.3. The monoisotopic (exact) mass is 675 g/mol. The molecule has 2 aliphatic heterocycles. The van der Waals surface area contributed by atoms with E-state index < -0.39 is 17.2 Å². The maximum atomic E-state index is 16.8. The van der Waals surface area contributed by atoms with Gasteiger partial charge in [0, 0.05) is 48.3 Å². The Morgan fingerprint density at radius 1 is 1.10 bits per heavy atom. The highest BCUT2D eigenvalue weighted by atomic mass is 19.1. The third kappa shape index (κ3) is 5.86. The largest absolute Gasteiger partial charge is 0.508 e.